The summed E-state index contributed by atoms with van der Waals surface area (Å²) in [5.74, 6) is 1.30. The Kier molecular flexibility index (Phi) is 4.66. The van der Waals surface area contributed by atoms with Crippen molar-refractivity contribution in [3.05, 3.63) is 28.3 Å². The summed E-state index contributed by atoms with van der Waals surface area (Å²) in [5.41, 5.74) is 0.998. The van der Waals surface area contributed by atoms with Crippen molar-refractivity contribution in [1.82, 2.24) is 15.0 Å². The second-order valence-corrected chi connectivity index (χ2v) is 7.08. The molecule has 0 aromatic carbocycles. The van der Waals surface area contributed by atoms with Crippen LogP contribution in [0.1, 0.15) is 37.5 Å². The van der Waals surface area contributed by atoms with Gasteiger partial charge in [0.2, 0.25) is 5.95 Å². The Balaban J connectivity index is 1.80. The molecule has 7 nitrogen and oxygen atoms in total. The number of hydrogen-bond donors (Lipinski definition) is 1. The fraction of sp³-hybridized carbons (Fsp3) is 0.500. The molecule has 2 aromatic heterocycles. The Hall–Kier alpha value is -2.22. The van der Waals surface area contributed by atoms with Gasteiger partial charge in [0.1, 0.15) is 17.4 Å². The van der Waals surface area contributed by atoms with Gasteiger partial charge in [-0.3, -0.25) is 4.90 Å². The van der Waals surface area contributed by atoms with E-state index in [2.05, 4.69) is 34.1 Å². The maximum atomic E-state index is 12.1. The molecule has 1 saturated heterocycles. The van der Waals surface area contributed by atoms with Crippen LogP contribution in [-0.2, 0) is 4.74 Å². The second-order valence-electron chi connectivity index (χ2n) is 6.19. The summed E-state index contributed by atoms with van der Waals surface area (Å²) >= 11 is 1.60. The van der Waals surface area contributed by atoms with Crippen LogP contribution in [0.25, 0.3) is 0 Å². The molecule has 1 aliphatic rings. The van der Waals surface area contributed by atoms with Gasteiger partial charge in [-0.15, -0.1) is 11.3 Å². The van der Waals surface area contributed by atoms with E-state index < -0.39 is 0 Å². The van der Waals surface area contributed by atoms with E-state index in [9.17, 15) is 4.79 Å². The molecular weight excluding hydrogens is 326 g/mol. The van der Waals surface area contributed by atoms with Crippen molar-refractivity contribution in [2.45, 2.75) is 39.8 Å². The van der Waals surface area contributed by atoms with E-state index >= 15 is 0 Å². The minimum absolute atomic E-state index is 0.00891. The minimum Gasteiger partial charge on any atom is -0.447 e. The van der Waals surface area contributed by atoms with Crippen LogP contribution in [0, 0.1) is 12.8 Å². The number of aryl methyl sites for hydroxylation is 1. The first-order valence-corrected chi connectivity index (χ1v) is 8.81. The highest BCUT2D eigenvalue weighted by Crippen LogP contribution is 2.27. The summed E-state index contributed by atoms with van der Waals surface area (Å²) in [6, 6.07) is 1.70. The summed E-state index contributed by atoms with van der Waals surface area (Å²) < 4.78 is 5.18. The lowest BCUT2D eigenvalue weighted by atomic mass is 10.0. The Morgan fingerprint density at radius 2 is 2.17 bits per heavy atom. The third kappa shape index (κ3) is 3.33. The first-order valence-electron chi connectivity index (χ1n) is 7.93. The molecule has 0 saturated carbocycles. The van der Waals surface area contributed by atoms with Crippen molar-refractivity contribution in [3.63, 3.8) is 0 Å². The van der Waals surface area contributed by atoms with Crippen LogP contribution >= 0.6 is 11.3 Å². The number of thiazole rings is 1. The van der Waals surface area contributed by atoms with Crippen LogP contribution in [0.4, 0.5) is 16.6 Å². The monoisotopic (exact) mass is 347 g/mol. The van der Waals surface area contributed by atoms with Gasteiger partial charge in [-0.25, -0.2) is 14.8 Å². The van der Waals surface area contributed by atoms with Crippen molar-refractivity contribution in [1.29, 1.82) is 0 Å². The SMILES string of the molecule is Cc1csc([C@@H](C)Nc2nccc(N3C(=O)OCC3C(C)C)n2)n1. The summed E-state index contributed by atoms with van der Waals surface area (Å²) in [6.45, 7) is 8.49. The van der Waals surface area contributed by atoms with E-state index in [0.29, 0.717) is 18.4 Å². The van der Waals surface area contributed by atoms with E-state index in [-0.39, 0.29) is 24.1 Å². The number of rotatable bonds is 5. The fourth-order valence-corrected chi connectivity index (χ4v) is 3.37. The number of carbonyl (C=O) groups is 1. The molecule has 1 aliphatic heterocycles. The zero-order valence-electron chi connectivity index (χ0n) is 14.2. The number of anilines is 2. The van der Waals surface area contributed by atoms with Crippen LogP contribution in [0.15, 0.2) is 17.6 Å². The Morgan fingerprint density at radius 1 is 1.38 bits per heavy atom. The molecule has 0 bridgehead atoms. The lowest BCUT2D eigenvalue weighted by Gasteiger charge is -2.23. The van der Waals surface area contributed by atoms with Crippen LogP contribution < -0.4 is 10.2 Å². The molecule has 1 N–H and O–H groups in total. The number of hydrogen-bond acceptors (Lipinski definition) is 7. The molecule has 0 radical (unpaired) electrons. The number of amides is 1. The van der Waals surface area contributed by atoms with Gasteiger partial charge < -0.3 is 10.1 Å². The predicted molar refractivity (Wildman–Crippen MR) is 93.4 cm³/mol. The third-order valence-electron chi connectivity index (χ3n) is 3.92. The van der Waals surface area contributed by atoms with E-state index in [1.165, 1.54) is 0 Å². The standard InChI is InChI=1S/C16H21N5O2S/c1-9(2)12-7-23-16(22)21(12)13-5-6-17-15(20-13)19-11(4)14-18-10(3)8-24-14/h5-6,8-9,11-12H,7H2,1-4H3,(H,17,19,20)/t11-,12?/m1/s1. The zero-order chi connectivity index (χ0) is 17.3. The number of cyclic esters (lactones) is 1. The van der Waals surface area contributed by atoms with Crippen LogP contribution in [0.2, 0.25) is 0 Å². The summed E-state index contributed by atoms with van der Waals surface area (Å²) in [4.78, 5) is 26.9. The predicted octanol–water partition coefficient (Wildman–Crippen LogP) is 3.40. The largest absolute Gasteiger partial charge is 0.447 e. The molecule has 2 aromatic rings. The van der Waals surface area contributed by atoms with Gasteiger partial charge in [-0.2, -0.15) is 4.98 Å². The summed E-state index contributed by atoms with van der Waals surface area (Å²) in [7, 11) is 0. The van der Waals surface area contributed by atoms with Gasteiger partial charge in [0.05, 0.1) is 12.1 Å². The molecule has 128 valence electrons. The second kappa shape index (κ2) is 6.72. The van der Waals surface area contributed by atoms with Crippen molar-refractivity contribution in [2.24, 2.45) is 5.92 Å². The van der Waals surface area contributed by atoms with Gasteiger partial charge in [0.25, 0.3) is 0 Å². The first-order chi connectivity index (χ1) is 11.5. The maximum absolute atomic E-state index is 12.1. The van der Waals surface area contributed by atoms with Crippen molar-refractivity contribution >= 4 is 29.2 Å². The number of nitrogens with zero attached hydrogens (tertiary/aromatic N) is 4. The van der Waals surface area contributed by atoms with Crippen molar-refractivity contribution < 1.29 is 9.53 Å². The highest BCUT2D eigenvalue weighted by atomic mass is 32.1. The molecule has 0 spiro atoms. The Bertz CT molecular complexity index is 733. The molecule has 0 aliphatic carbocycles. The molecule has 2 atom stereocenters. The molecule has 24 heavy (non-hydrogen) atoms. The number of aromatic nitrogens is 3. The molecule has 3 heterocycles. The minimum atomic E-state index is -0.359. The quantitative estimate of drug-likeness (QED) is 0.893. The highest BCUT2D eigenvalue weighted by molar-refractivity contribution is 7.09. The average Bonchev–Trinajstić information content (AvgIpc) is 3.13. The normalized spacial score (nSPS) is 18.8. The van der Waals surface area contributed by atoms with Gasteiger partial charge in [0, 0.05) is 17.3 Å². The molecule has 1 amide bonds. The van der Waals surface area contributed by atoms with Crippen molar-refractivity contribution in [3.8, 4) is 0 Å². The van der Waals surface area contributed by atoms with E-state index in [1.807, 2.05) is 19.2 Å². The number of nitrogens with one attached hydrogen (secondary N) is 1. The Labute approximate surface area is 145 Å². The van der Waals surface area contributed by atoms with Crippen molar-refractivity contribution in [2.75, 3.05) is 16.8 Å². The Morgan fingerprint density at radius 3 is 2.83 bits per heavy atom. The van der Waals surface area contributed by atoms with Gasteiger partial charge >= 0.3 is 6.09 Å². The lowest BCUT2D eigenvalue weighted by Crippen LogP contribution is -2.37. The topological polar surface area (TPSA) is 80.2 Å². The average molecular weight is 347 g/mol. The zero-order valence-corrected chi connectivity index (χ0v) is 15.0. The lowest BCUT2D eigenvalue weighted by molar-refractivity contribution is 0.177. The first kappa shape index (κ1) is 16.6. The highest BCUT2D eigenvalue weighted by Gasteiger charge is 2.37. The fourth-order valence-electron chi connectivity index (χ4n) is 2.57. The molecule has 8 heteroatoms. The van der Waals surface area contributed by atoms with E-state index in [0.717, 1.165) is 10.7 Å². The maximum Gasteiger partial charge on any atom is 0.415 e. The van der Waals surface area contributed by atoms with Crippen LogP contribution in [0.3, 0.4) is 0 Å². The number of ether oxygens (including phenoxy) is 1. The van der Waals surface area contributed by atoms with E-state index in [1.54, 1.807) is 28.5 Å². The van der Waals surface area contributed by atoms with Gasteiger partial charge in [-0.1, -0.05) is 13.8 Å². The van der Waals surface area contributed by atoms with Gasteiger partial charge in [-0.05, 0) is 25.8 Å². The summed E-state index contributed by atoms with van der Waals surface area (Å²) in [6.07, 6.45) is 1.29. The molecular formula is C16H21N5O2S. The van der Waals surface area contributed by atoms with E-state index in [4.69, 9.17) is 4.74 Å². The molecule has 3 rings (SSSR count). The smallest absolute Gasteiger partial charge is 0.415 e. The molecule has 1 fully saturated rings. The summed E-state index contributed by atoms with van der Waals surface area (Å²) in [5, 5.41) is 6.23. The third-order valence-corrected chi connectivity index (χ3v) is 5.06. The molecule has 1 unspecified atom stereocenters. The van der Waals surface area contributed by atoms with Crippen LogP contribution in [0.5, 0.6) is 0 Å². The van der Waals surface area contributed by atoms with Crippen LogP contribution in [-0.4, -0.2) is 33.7 Å². The number of carbonyl (C=O) groups excluding carboxylic acids is 1. The van der Waals surface area contributed by atoms with Gasteiger partial charge in [0.15, 0.2) is 0 Å².